The minimum absolute atomic E-state index is 0.0468. The molecule has 0 saturated carbocycles. The average Bonchev–Trinajstić information content (AvgIpc) is 2.95. The van der Waals surface area contributed by atoms with Crippen LogP contribution in [0.3, 0.4) is 0 Å². The van der Waals surface area contributed by atoms with E-state index in [1.807, 2.05) is 20.8 Å². The highest BCUT2D eigenvalue weighted by Crippen LogP contribution is 2.10. The number of amides is 2. The van der Waals surface area contributed by atoms with Crippen LogP contribution >= 0.6 is 0 Å². The molecule has 0 aliphatic carbocycles. The van der Waals surface area contributed by atoms with E-state index in [0.717, 1.165) is 32.2 Å². The maximum Gasteiger partial charge on any atom is 0.242 e. The van der Waals surface area contributed by atoms with Gasteiger partial charge in [0.2, 0.25) is 11.8 Å². The van der Waals surface area contributed by atoms with Crippen LogP contribution in [0.4, 0.5) is 0 Å². The van der Waals surface area contributed by atoms with Crippen LogP contribution in [-0.2, 0) is 9.59 Å². The Hall–Kier alpha value is -1.10. The van der Waals surface area contributed by atoms with Crippen molar-refractivity contribution in [2.75, 3.05) is 13.1 Å². The monoisotopic (exact) mass is 269 g/mol. The lowest BCUT2D eigenvalue weighted by Crippen LogP contribution is -2.54. The fourth-order valence-electron chi connectivity index (χ4n) is 2.22. The second kappa shape index (κ2) is 8.15. The van der Waals surface area contributed by atoms with Crippen LogP contribution in [0.25, 0.3) is 0 Å². The van der Waals surface area contributed by atoms with Gasteiger partial charge in [-0.05, 0) is 31.7 Å². The summed E-state index contributed by atoms with van der Waals surface area (Å²) >= 11 is 0. The van der Waals surface area contributed by atoms with Gasteiger partial charge >= 0.3 is 0 Å². The second-order valence-electron chi connectivity index (χ2n) is 5.31. The molecule has 5 nitrogen and oxygen atoms in total. The Labute approximate surface area is 115 Å². The Morgan fingerprint density at radius 2 is 2.11 bits per heavy atom. The molecule has 0 aromatic heterocycles. The molecule has 2 amide bonds. The Balaban J connectivity index is 2.57. The van der Waals surface area contributed by atoms with Gasteiger partial charge in [-0.25, -0.2) is 0 Å². The van der Waals surface area contributed by atoms with Gasteiger partial charge in [0.1, 0.15) is 6.04 Å². The van der Waals surface area contributed by atoms with Crippen molar-refractivity contribution >= 4 is 11.8 Å². The SMILES string of the molecule is CCCNC(=O)[C@@H](NC(=O)[C@@H]1CCCN1)[C@@H](C)CC. The molecule has 1 saturated heterocycles. The standard InChI is InChI=1S/C14H27N3O2/c1-4-8-16-14(19)12(10(3)5-2)17-13(18)11-7-6-9-15-11/h10-12,15H,4-9H2,1-3H3,(H,16,19)(H,17,18)/t10-,11-,12-/m0/s1. The highest BCUT2D eigenvalue weighted by molar-refractivity contribution is 5.90. The fraction of sp³-hybridized carbons (Fsp3) is 0.857. The minimum atomic E-state index is -0.425. The molecule has 0 unspecified atom stereocenters. The van der Waals surface area contributed by atoms with Crippen LogP contribution in [0, 0.1) is 5.92 Å². The van der Waals surface area contributed by atoms with E-state index in [-0.39, 0.29) is 23.8 Å². The number of hydrogen-bond acceptors (Lipinski definition) is 3. The van der Waals surface area contributed by atoms with Gasteiger partial charge in [0.25, 0.3) is 0 Å². The highest BCUT2D eigenvalue weighted by atomic mass is 16.2. The number of rotatable bonds is 7. The van der Waals surface area contributed by atoms with Gasteiger partial charge in [0.15, 0.2) is 0 Å². The molecule has 0 spiro atoms. The van der Waals surface area contributed by atoms with E-state index in [1.165, 1.54) is 0 Å². The van der Waals surface area contributed by atoms with E-state index in [0.29, 0.717) is 6.54 Å². The number of hydrogen-bond donors (Lipinski definition) is 3. The maximum atomic E-state index is 12.1. The topological polar surface area (TPSA) is 70.2 Å². The Kier molecular flexibility index (Phi) is 6.84. The van der Waals surface area contributed by atoms with E-state index < -0.39 is 6.04 Å². The third kappa shape index (κ3) is 4.82. The van der Waals surface area contributed by atoms with Crippen LogP contribution in [0.1, 0.15) is 46.5 Å². The molecule has 0 bridgehead atoms. The average molecular weight is 269 g/mol. The minimum Gasteiger partial charge on any atom is -0.354 e. The normalized spacial score (nSPS) is 21.7. The van der Waals surface area contributed by atoms with E-state index in [4.69, 9.17) is 0 Å². The Morgan fingerprint density at radius 3 is 2.63 bits per heavy atom. The highest BCUT2D eigenvalue weighted by Gasteiger charge is 2.29. The summed E-state index contributed by atoms with van der Waals surface area (Å²) in [5.74, 6) is 0.0270. The molecule has 3 atom stereocenters. The third-order valence-electron chi connectivity index (χ3n) is 3.72. The summed E-state index contributed by atoms with van der Waals surface area (Å²) in [5, 5.41) is 8.93. The first-order valence-corrected chi connectivity index (χ1v) is 7.41. The van der Waals surface area contributed by atoms with Crippen LogP contribution in [0.5, 0.6) is 0 Å². The van der Waals surface area contributed by atoms with Crippen molar-refractivity contribution in [3.63, 3.8) is 0 Å². The molecule has 1 fully saturated rings. The first-order valence-electron chi connectivity index (χ1n) is 7.41. The molecule has 1 heterocycles. The smallest absolute Gasteiger partial charge is 0.242 e. The second-order valence-corrected chi connectivity index (χ2v) is 5.31. The van der Waals surface area contributed by atoms with Crippen molar-refractivity contribution in [2.45, 2.75) is 58.5 Å². The summed E-state index contributed by atoms with van der Waals surface area (Å²) in [5.41, 5.74) is 0. The number of carbonyl (C=O) groups excluding carboxylic acids is 2. The summed E-state index contributed by atoms with van der Waals surface area (Å²) < 4.78 is 0. The molecule has 3 N–H and O–H groups in total. The number of nitrogens with one attached hydrogen (secondary N) is 3. The van der Waals surface area contributed by atoms with Crippen molar-refractivity contribution in [1.29, 1.82) is 0 Å². The molecule has 110 valence electrons. The first-order chi connectivity index (χ1) is 9.10. The van der Waals surface area contributed by atoms with Gasteiger partial charge in [-0.2, -0.15) is 0 Å². The third-order valence-corrected chi connectivity index (χ3v) is 3.72. The zero-order chi connectivity index (χ0) is 14.3. The summed E-state index contributed by atoms with van der Waals surface area (Å²) in [6.45, 7) is 7.58. The quantitative estimate of drug-likeness (QED) is 0.640. The Morgan fingerprint density at radius 1 is 1.37 bits per heavy atom. The van der Waals surface area contributed by atoms with Crippen LogP contribution in [0.2, 0.25) is 0 Å². The lowest BCUT2D eigenvalue weighted by atomic mass is 9.97. The summed E-state index contributed by atoms with van der Waals surface area (Å²) in [7, 11) is 0. The van der Waals surface area contributed by atoms with Crippen LogP contribution in [0.15, 0.2) is 0 Å². The van der Waals surface area contributed by atoms with Gasteiger partial charge in [-0.15, -0.1) is 0 Å². The van der Waals surface area contributed by atoms with Crippen molar-refractivity contribution in [1.82, 2.24) is 16.0 Å². The molecule has 19 heavy (non-hydrogen) atoms. The van der Waals surface area contributed by atoms with Crippen molar-refractivity contribution in [2.24, 2.45) is 5.92 Å². The van der Waals surface area contributed by atoms with Gasteiger partial charge in [0.05, 0.1) is 6.04 Å². The van der Waals surface area contributed by atoms with Crippen LogP contribution in [-0.4, -0.2) is 37.0 Å². The largest absolute Gasteiger partial charge is 0.354 e. The molecule has 1 rings (SSSR count). The van der Waals surface area contributed by atoms with E-state index in [1.54, 1.807) is 0 Å². The maximum absolute atomic E-state index is 12.1. The van der Waals surface area contributed by atoms with Gasteiger partial charge < -0.3 is 16.0 Å². The van der Waals surface area contributed by atoms with E-state index >= 15 is 0 Å². The predicted octanol–water partition coefficient (Wildman–Crippen LogP) is 0.796. The molecular weight excluding hydrogens is 242 g/mol. The van der Waals surface area contributed by atoms with Crippen molar-refractivity contribution < 1.29 is 9.59 Å². The summed E-state index contributed by atoms with van der Waals surface area (Å²) in [6.07, 6.45) is 3.64. The summed E-state index contributed by atoms with van der Waals surface area (Å²) in [4.78, 5) is 24.2. The molecule has 0 aromatic rings. The van der Waals surface area contributed by atoms with Crippen molar-refractivity contribution in [3.05, 3.63) is 0 Å². The van der Waals surface area contributed by atoms with Gasteiger partial charge in [0, 0.05) is 6.54 Å². The molecular formula is C14H27N3O2. The fourth-order valence-corrected chi connectivity index (χ4v) is 2.22. The zero-order valence-corrected chi connectivity index (χ0v) is 12.3. The molecule has 0 radical (unpaired) electrons. The lowest BCUT2D eigenvalue weighted by molar-refractivity contribution is -0.131. The van der Waals surface area contributed by atoms with E-state index in [2.05, 4.69) is 16.0 Å². The van der Waals surface area contributed by atoms with Gasteiger partial charge in [-0.3, -0.25) is 9.59 Å². The first kappa shape index (κ1) is 16.0. The van der Waals surface area contributed by atoms with Gasteiger partial charge in [-0.1, -0.05) is 27.2 Å². The lowest BCUT2D eigenvalue weighted by Gasteiger charge is -2.25. The molecule has 1 aliphatic heterocycles. The van der Waals surface area contributed by atoms with E-state index in [9.17, 15) is 9.59 Å². The molecule has 1 aliphatic rings. The molecule has 5 heteroatoms. The predicted molar refractivity (Wildman–Crippen MR) is 75.7 cm³/mol. The Bertz CT molecular complexity index is 301. The van der Waals surface area contributed by atoms with Crippen molar-refractivity contribution in [3.8, 4) is 0 Å². The zero-order valence-electron chi connectivity index (χ0n) is 12.3. The molecule has 0 aromatic carbocycles. The number of carbonyl (C=O) groups is 2. The van der Waals surface area contributed by atoms with Crippen LogP contribution < -0.4 is 16.0 Å². The summed E-state index contributed by atoms with van der Waals surface area (Å²) in [6, 6.07) is -0.558.